The lowest BCUT2D eigenvalue weighted by molar-refractivity contribution is -0.741. The highest BCUT2D eigenvalue weighted by molar-refractivity contribution is 5.65. The predicted molar refractivity (Wildman–Crippen MR) is 69.4 cm³/mol. The fraction of sp³-hybridized carbons (Fsp3) is 0.875. The van der Waals surface area contributed by atoms with Crippen molar-refractivity contribution in [1.82, 2.24) is 15.0 Å². The Morgan fingerprint density at radius 1 is 0.913 bits per heavy atom. The number of hydrogen-bond acceptors (Lipinski definition) is 9. The van der Waals surface area contributed by atoms with E-state index in [0.29, 0.717) is 5.01 Å². The van der Waals surface area contributed by atoms with Crippen LogP contribution in [0.5, 0.6) is 0 Å². The van der Waals surface area contributed by atoms with Gasteiger partial charge in [0.1, 0.15) is 0 Å². The van der Waals surface area contributed by atoms with E-state index in [2.05, 4.69) is 4.74 Å². The Labute approximate surface area is 129 Å². The van der Waals surface area contributed by atoms with E-state index in [1.165, 1.54) is 0 Å². The molecule has 0 aliphatic carbocycles. The van der Waals surface area contributed by atoms with Crippen molar-refractivity contribution < 1.29 is 29.4 Å². The molecule has 0 unspecified atom stereocenters. The Kier molecular flexibility index (Phi) is 8.60. The molecule has 0 aromatic heterocycles. The molecular formula is C8H16N6O9. The topological polar surface area (TPSA) is 175 Å². The zero-order valence-corrected chi connectivity index (χ0v) is 12.4. The van der Waals surface area contributed by atoms with Crippen LogP contribution in [0.1, 0.15) is 13.8 Å². The number of carbonyl (C=O) groups excluding carboxylic acids is 1. The number of carbonyl (C=O) groups is 1. The summed E-state index contributed by atoms with van der Waals surface area (Å²) in [7, 11) is 0. The van der Waals surface area contributed by atoms with Gasteiger partial charge in [-0.25, -0.2) is 30.3 Å². The molecule has 0 rings (SSSR count). The summed E-state index contributed by atoms with van der Waals surface area (Å²) in [5, 5.41) is 30.2. The first-order valence-electron chi connectivity index (χ1n) is 6.07. The summed E-state index contributed by atoms with van der Waals surface area (Å²) in [6.45, 7) is -0.534. The maximum Gasteiger partial charge on any atom is 0.304 e. The summed E-state index contributed by atoms with van der Waals surface area (Å²) >= 11 is 0. The largest absolute Gasteiger partial charge is 0.439 e. The highest BCUT2D eigenvalue weighted by atomic mass is 16.7. The van der Waals surface area contributed by atoms with E-state index in [4.69, 9.17) is 4.74 Å². The molecule has 15 heteroatoms. The Morgan fingerprint density at radius 2 is 1.35 bits per heavy atom. The molecule has 0 saturated heterocycles. The van der Waals surface area contributed by atoms with E-state index in [9.17, 15) is 35.1 Å². The maximum absolute atomic E-state index is 10.9. The molecule has 0 amide bonds. The van der Waals surface area contributed by atoms with Crippen LogP contribution >= 0.6 is 0 Å². The van der Waals surface area contributed by atoms with E-state index >= 15 is 0 Å². The highest BCUT2D eigenvalue weighted by Crippen LogP contribution is 2.01. The van der Waals surface area contributed by atoms with E-state index in [1.807, 2.05) is 0 Å². The monoisotopic (exact) mass is 340 g/mol. The van der Waals surface area contributed by atoms with Gasteiger partial charge in [0.2, 0.25) is 20.1 Å². The second kappa shape index (κ2) is 9.87. The Morgan fingerprint density at radius 3 is 1.70 bits per heavy atom. The van der Waals surface area contributed by atoms with Gasteiger partial charge < -0.3 is 9.47 Å². The molecule has 15 nitrogen and oxygen atoms in total. The highest BCUT2D eigenvalue weighted by Gasteiger charge is 2.31. The molecule has 132 valence electrons. The van der Waals surface area contributed by atoms with Crippen LogP contribution < -0.4 is 0 Å². The third-order valence-corrected chi connectivity index (χ3v) is 2.21. The van der Waals surface area contributed by atoms with Gasteiger partial charge in [0.25, 0.3) is 0 Å². The molecule has 0 aromatic carbocycles. The molecule has 0 saturated carbocycles. The lowest BCUT2D eigenvalue weighted by atomic mass is 10.8. The van der Waals surface area contributed by atoms with Gasteiger partial charge in [0, 0.05) is 13.5 Å². The summed E-state index contributed by atoms with van der Waals surface area (Å²) in [4.78, 5) is 43.1. The number of rotatable bonds is 12. The van der Waals surface area contributed by atoms with E-state index in [1.54, 1.807) is 6.92 Å². The third-order valence-electron chi connectivity index (χ3n) is 2.21. The van der Waals surface area contributed by atoms with E-state index < -0.39 is 47.9 Å². The average Bonchev–Trinajstić information content (AvgIpc) is 2.44. The smallest absolute Gasteiger partial charge is 0.304 e. The van der Waals surface area contributed by atoms with E-state index in [-0.39, 0.29) is 16.6 Å². The number of hydrogen-bond donors (Lipinski definition) is 0. The summed E-state index contributed by atoms with van der Waals surface area (Å²) in [6.07, 6.45) is 0. The average molecular weight is 340 g/mol. The van der Waals surface area contributed by atoms with Crippen molar-refractivity contribution in [2.45, 2.75) is 13.8 Å². The van der Waals surface area contributed by atoms with E-state index in [0.717, 1.165) is 6.92 Å². The van der Waals surface area contributed by atoms with Crippen molar-refractivity contribution in [3.63, 3.8) is 0 Å². The number of hydrazine groups is 3. The number of ether oxygens (including phenoxy) is 2. The second-order valence-corrected chi connectivity index (χ2v) is 3.90. The molecule has 0 aliphatic heterocycles. The summed E-state index contributed by atoms with van der Waals surface area (Å²) < 4.78 is 9.17. The van der Waals surface area contributed by atoms with Gasteiger partial charge in [0.15, 0.2) is 21.8 Å². The first-order chi connectivity index (χ1) is 10.7. The number of nitro groups is 3. The molecule has 23 heavy (non-hydrogen) atoms. The number of esters is 1. The summed E-state index contributed by atoms with van der Waals surface area (Å²) in [5.41, 5.74) is 0. The fourth-order valence-electron chi connectivity index (χ4n) is 1.17. The van der Waals surface area contributed by atoms with Crippen LogP contribution in [0.25, 0.3) is 0 Å². The standard InChI is InChI=1S/C8H16N6O9/c1-3-22-6-10(13(18)19)4-9(12(16)17)5-11(14(20)21)7-23-8(2)15/h3-7H2,1-2H3. The van der Waals surface area contributed by atoms with Crippen molar-refractivity contribution >= 4 is 5.97 Å². The van der Waals surface area contributed by atoms with Gasteiger partial charge in [-0.3, -0.25) is 4.79 Å². The Balaban J connectivity index is 4.92. The first-order valence-corrected chi connectivity index (χ1v) is 6.07. The van der Waals surface area contributed by atoms with Gasteiger partial charge >= 0.3 is 5.97 Å². The molecule has 0 N–H and O–H groups in total. The molecule has 0 spiro atoms. The van der Waals surface area contributed by atoms with Gasteiger partial charge in [0.05, 0.1) is 0 Å². The third kappa shape index (κ3) is 8.15. The maximum atomic E-state index is 10.9. The van der Waals surface area contributed by atoms with Crippen LogP contribution in [-0.2, 0) is 14.3 Å². The Hall–Kier alpha value is -2.97. The number of nitrogens with zero attached hydrogens (tertiary/aromatic N) is 6. The molecule has 0 fully saturated rings. The van der Waals surface area contributed by atoms with Crippen LogP contribution in [0.3, 0.4) is 0 Å². The van der Waals surface area contributed by atoms with Crippen LogP contribution in [-0.4, -0.2) is 69.5 Å². The molecule has 0 aliphatic rings. The molecule has 0 heterocycles. The van der Waals surface area contributed by atoms with Crippen LogP contribution in [0.15, 0.2) is 0 Å². The summed E-state index contributed by atoms with van der Waals surface area (Å²) in [6, 6.07) is 0. The minimum absolute atomic E-state index is 0.135. The van der Waals surface area contributed by atoms with Crippen LogP contribution in [0.2, 0.25) is 0 Å². The van der Waals surface area contributed by atoms with Crippen LogP contribution in [0.4, 0.5) is 0 Å². The van der Waals surface area contributed by atoms with Gasteiger partial charge in [-0.05, 0) is 6.92 Å². The van der Waals surface area contributed by atoms with Gasteiger partial charge in [-0.1, -0.05) is 15.0 Å². The first kappa shape index (κ1) is 20.0. The van der Waals surface area contributed by atoms with Crippen molar-refractivity contribution in [3.05, 3.63) is 30.3 Å². The van der Waals surface area contributed by atoms with Crippen LogP contribution in [0, 0.1) is 30.3 Å². The lowest BCUT2D eigenvalue weighted by Crippen LogP contribution is -2.50. The molecule has 0 atom stereocenters. The second-order valence-electron chi connectivity index (χ2n) is 3.90. The quantitative estimate of drug-likeness (QED) is 0.182. The minimum atomic E-state index is -1.05. The SMILES string of the molecule is CCOCN(CN(CN(COC(C)=O)[N+](=O)[O-])[N+](=O)[O-])[N+](=O)[O-]. The normalized spacial score (nSPS) is 9.83. The minimum Gasteiger partial charge on any atom is -0.439 e. The zero-order valence-electron chi connectivity index (χ0n) is 12.4. The van der Waals surface area contributed by atoms with Crippen molar-refractivity contribution in [2.24, 2.45) is 0 Å². The Bertz CT molecular complexity index is 446. The van der Waals surface area contributed by atoms with Crippen molar-refractivity contribution in [2.75, 3.05) is 33.4 Å². The summed E-state index contributed by atoms with van der Waals surface area (Å²) in [5.74, 6) is -0.826. The van der Waals surface area contributed by atoms with Gasteiger partial charge in [-0.15, -0.1) is 0 Å². The zero-order chi connectivity index (χ0) is 18.0. The van der Waals surface area contributed by atoms with Crippen molar-refractivity contribution in [3.8, 4) is 0 Å². The van der Waals surface area contributed by atoms with Gasteiger partial charge in [-0.2, -0.15) is 0 Å². The molecule has 0 radical (unpaired) electrons. The lowest BCUT2D eigenvalue weighted by Gasteiger charge is -2.21. The molecular weight excluding hydrogens is 324 g/mol. The fourth-order valence-corrected chi connectivity index (χ4v) is 1.17. The molecule has 0 bridgehead atoms. The molecule has 0 aromatic rings. The van der Waals surface area contributed by atoms with Crippen molar-refractivity contribution in [1.29, 1.82) is 0 Å². The predicted octanol–water partition coefficient (Wildman–Crippen LogP) is -1.10.